The maximum atomic E-state index is 12.7. The maximum Gasteiger partial charge on any atom is 0.217 e. The Balaban J connectivity index is 2.21. The highest BCUT2D eigenvalue weighted by atomic mass is 19.1. The first kappa shape index (κ1) is 12.8. The van der Waals surface area contributed by atoms with Crippen LogP contribution in [0.1, 0.15) is 20.3 Å². The quantitative estimate of drug-likeness (QED) is 0.593. The van der Waals surface area contributed by atoms with Crippen LogP contribution < -0.4 is 5.32 Å². The number of hydrogen-bond acceptors (Lipinski definition) is 4. The van der Waals surface area contributed by atoms with Gasteiger partial charge in [-0.15, -0.1) is 0 Å². The zero-order valence-corrected chi connectivity index (χ0v) is 10.1. The molecule has 1 rings (SSSR count). The lowest BCUT2D eigenvalue weighted by molar-refractivity contribution is 0.273. The van der Waals surface area contributed by atoms with E-state index >= 15 is 0 Å². The van der Waals surface area contributed by atoms with Gasteiger partial charge in [0.1, 0.15) is 12.1 Å². The first-order chi connectivity index (χ1) is 7.59. The van der Waals surface area contributed by atoms with E-state index in [1.807, 2.05) is 0 Å². The highest BCUT2D eigenvalue weighted by Gasteiger charge is 2.02. The summed E-state index contributed by atoms with van der Waals surface area (Å²) in [5, 5.41) is 3.06. The van der Waals surface area contributed by atoms with Crippen molar-refractivity contribution < 1.29 is 4.39 Å². The fourth-order valence-corrected chi connectivity index (χ4v) is 1.23. The summed E-state index contributed by atoms with van der Waals surface area (Å²) in [6, 6.07) is 1.85. The smallest absolute Gasteiger partial charge is 0.217 e. The molecule has 16 heavy (non-hydrogen) atoms. The van der Waals surface area contributed by atoms with E-state index < -0.39 is 5.95 Å². The van der Waals surface area contributed by atoms with Crippen LogP contribution in [-0.2, 0) is 0 Å². The normalized spacial score (nSPS) is 11.1. The number of halogens is 1. The van der Waals surface area contributed by atoms with E-state index in [1.165, 1.54) is 12.4 Å². The van der Waals surface area contributed by atoms with Crippen molar-refractivity contribution in [3.63, 3.8) is 0 Å². The van der Waals surface area contributed by atoms with E-state index in [4.69, 9.17) is 0 Å². The van der Waals surface area contributed by atoms with Gasteiger partial charge < -0.3 is 10.2 Å². The van der Waals surface area contributed by atoms with Gasteiger partial charge in [0, 0.05) is 18.7 Å². The van der Waals surface area contributed by atoms with Gasteiger partial charge in [0.05, 0.1) is 0 Å². The molecule has 0 radical (unpaired) electrons. The number of nitrogens with zero attached hydrogens (tertiary/aromatic N) is 3. The molecule has 0 bridgehead atoms. The van der Waals surface area contributed by atoms with Gasteiger partial charge in [-0.05, 0) is 33.9 Å². The van der Waals surface area contributed by atoms with E-state index in [2.05, 4.69) is 41.1 Å². The van der Waals surface area contributed by atoms with Crippen molar-refractivity contribution in [2.45, 2.75) is 26.3 Å². The average Bonchev–Trinajstić information content (AvgIpc) is 2.24. The van der Waals surface area contributed by atoms with Gasteiger partial charge in [0.15, 0.2) is 0 Å². The van der Waals surface area contributed by atoms with E-state index in [-0.39, 0.29) is 0 Å². The van der Waals surface area contributed by atoms with Crippen LogP contribution in [0.4, 0.5) is 10.2 Å². The lowest BCUT2D eigenvalue weighted by Crippen LogP contribution is -2.28. The molecule has 1 aromatic heterocycles. The summed E-state index contributed by atoms with van der Waals surface area (Å²) in [7, 11) is 2.09. The number of aromatic nitrogens is 2. The molecule has 0 aliphatic carbocycles. The molecule has 0 amide bonds. The first-order valence-corrected chi connectivity index (χ1v) is 5.51. The molecule has 4 nitrogen and oxygen atoms in total. The molecule has 1 N–H and O–H groups in total. The Morgan fingerprint density at radius 3 is 2.81 bits per heavy atom. The largest absolute Gasteiger partial charge is 0.370 e. The summed E-state index contributed by atoms with van der Waals surface area (Å²) in [5.41, 5.74) is 0. The number of rotatable bonds is 6. The molecule has 0 saturated carbocycles. The van der Waals surface area contributed by atoms with Gasteiger partial charge in [-0.25, -0.2) is 9.97 Å². The van der Waals surface area contributed by atoms with E-state index in [0.29, 0.717) is 11.9 Å². The van der Waals surface area contributed by atoms with Gasteiger partial charge in [0.25, 0.3) is 0 Å². The number of hydrogen-bond donors (Lipinski definition) is 1. The van der Waals surface area contributed by atoms with Crippen LogP contribution >= 0.6 is 0 Å². The second-order valence-electron chi connectivity index (χ2n) is 4.08. The molecule has 0 spiro atoms. The Kier molecular flexibility index (Phi) is 5.11. The Hall–Kier alpha value is -1.23. The van der Waals surface area contributed by atoms with Crippen molar-refractivity contribution in [3.8, 4) is 0 Å². The van der Waals surface area contributed by atoms with Crippen molar-refractivity contribution in [2.75, 3.05) is 25.5 Å². The van der Waals surface area contributed by atoms with E-state index in [0.717, 1.165) is 19.5 Å². The van der Waals surface area contributed by atoms with Crippen LogP contribution in [0.2, 0.25) is 0 Å². The van der Waals surface area contributed by atoms with Crippen molar-refractivity contribution in [3.05, 3.63) is 18.3 Å². The summed E-state index contributed by atoms with van der Waals surface area (Å²) in [5.74, 6) is 0.0384. The molecule has 0 saturated heterocycles. The van der Waals surface area contributed by atoms with Crippen LogP contribution in [0, 0.1) is 5.95 Å². The minimum atomic E-state index is -0.503. The molecular formula is C11H19FN4. The summed E-state index contributed by atoms with van der Waals surface area (Å²) in [6.45, 7) is 6.12. The lowest BCUT2D eigenvalue weighted by atomic mass is 10.3. The van der Waals surface area contributed by atoms with Crippen LogP contribution in [0.3, 0.4) is 0 Å². The second-order valence-corrected chi connectivity index (χ2v) is 4.08. The molecule has 1 aromatic rings. The van der Waals surface area contributed by atoms with E-state index in [1.54, 1.807) is 0 Å². The van der Waals surface area contributed by atoms with Crippen molar-refractivity contribution in [2.24, 2.45) is 0 Å². The Morgan fingerprint density at radius 2 is 2.19 bits per heavy atom. The number of nitrogens with one attached hydrogen (secondary N) is 1. The van der Waals surface area contributed by atoms with Crippen LogP contribution in [0.25, 0.3) is 0 Å². The van der Waals surface area contributed by atoms with Crippen molar-refractivity contribution in [1.29, 1.82) is 0 Å². The summed E-state index contributed by atoms with van der Waals surface area (Å²) < 4.78 is 12.7. The predicted molar refractivity (Wildman–Crippen MR) is 62.9 cm³/mol. The molecule has 0 unspecified atom stereocenters. The summed E-state index contributed by atoms with van der Waals surface area (Å²) in [4.78, 5) is 9.58. The van der Waals surface area contributed by atoms with Crippen LogP contribution in [-0.4, -0.2) is 41.0 Å². The zero-order chi connectivity index (χ0) is 12.0. The minimum Gasteiger partial charge on any atom is -0.370 e. The predicted octanol–water partition coefficient (Wildman–Crippen LogP) is 1.76. The fourth-order valence-electron chi connectivity index (χ4n) is 1.23. The molecule has 0 aliphatic rings. The molecule has 0 aromatic carbocycles. The standard InChI is InChI=1S/C11H19FN4/c1-9(2)16(3)6-4-5-13-11-7-10(12)14-8-15-11/h7-9H,4-6H2,1-3H3,(H,13,14,15). The van der Waals surface area contributed by atoms with Crippen LogP contribution in [0.15, 0.2) is 12.4 Å². The molecule has 0 aliphatic heterocycles. The zero-order valence-electron chi connectivity index (χ0n) is 10.1. The molecule has 1 heterocycles. The topological polar surface area (TPSA) is 41.0 Å². The van der Waals surface area contributed by atoms with Crippen molar-refractivity contribution in [1.82, 2.24) is 14.9 Å². The fraction of sp³-hybridized carbons (Fsp3) is 0.636. The van der Waals surface area contributed by atoms with Gasteiger partial charge in [0.2, 0.25) is 5.95 Å². The lowest BCUT2D eigenvalue weighted by Gasteiger charge is -2.20. The van der Waals surface area contributed by atoms with Crippen LogP contribution in [0.5, 0.6) is 0 Å². The van der Waals surface area contributed by atoms with Gasteiger partial charge >= 0.3 is 0 Å². The minimum absolute atomic E-state index is 0.503. The highest BCUT2D eigenvalue weighted by Crippen LogP contribution is 2.02. The summed E-state index contributed by atoms with van der Waals surface area (Å²) >= 11 is 0. The molecular weight excluding hydrogens is 207 g/mol. The van der Waals surface area contributed by atoms with Gasteiger partial charge in [-0.3, -0.25) is 0 Å². The monoisotopic (exact) mass is 226 g/mol. The molecule has 0 atom stereocenters. The number of anilines is 1. The molecule has 0 fully saturated rings. The maximum absolute atomic E-state index is 12.7. The first-order valence-electron chi connectivity index (χ1n) is 5.51. The van der Waals surface area contributed by atoms with Gasteiger partial charge in [-0.1, -0.05) is 0 Å². The molecule has 5 heteroatoms. The third kappa shape index (κ3) is 4.53. The Labute approximate surface area is 95.9 Å². The average molecular weight is 226 g/mol. The Bertz CT molecular complexity index is 317. The van der Waals surface area contributed by atoms with Gasteiger partial charge in [-0.2, -0.15) is 4.39 Å². The third-order valence-electron chi connectivity index (χ3n) is 2.51. The second kappa shape index (κ2) is 6.37. The SMILES string of the molecule is CC(C)N(C)CCCNc1cc(F)ncn1. The molecule has 90 valence electrons. The Morgan fingerprint density at radius 1 is 1.44 bits per heavy atom. The van der Waals surface area contributed by atoms with Crippen molar-refractivity contribution >= 4 is 5.82 Å². The highest BCUT2D eigenvalue weighted by molar-refractivity contribution is 5.31. The van der Waals surface area contributed by atoms with E-state index in [9.17, 15) is 4.39 Å². The third-order valence-corrected chi connectivity index (χ3v) is 2.51. The summed E-state index contributed by atoms with van der Waals surface area (Å²) in [6.07, 6.45) is 2.22.